The molecule has 1 saturated heterocycles. The van der Waals surface area contributed by atoms with Crippen molar-refractivity contribution in [2.24, 2.45) is 0 Å². The molecule has 0 spiro atoms. The molecule has 10 heavy (non-hydrogen) atoms. The number of hydrogen-bond donors (Lipinski definition) is 1. The third-order valence-electron chi connectivity index (χ3n) is 1.09. The van der Waals surface area contributed by atoms with Crippen LogP contribution in [0.15, 0.2) is 0 Å². The zero-order valence-electron chi connectivity index (χ0n) is 5.26. The van der Waals surface area contributed by atoms with Gasteiger partial charge in [0.25, 0.3) is 0 Å². The van der Waals surface area contributed by atoms with E-state index in [-0.39, 0.29) is 10.7 Å². The number of amides is 1. The summed E-state index contributed by atoms with van der Waals surface area (Å²) < 4.78 is 4.65. The molecule has 2 atom stereocenters. The summed E-state index contributed by atoms with van der Waals surface area (Å²) >= 11 is 3.03. The van der Waals surface area contributed by atoms with Crippen molar-refractivity contribution in [3.8, 4) is 0 Å². The van der Waals surface area contributed by atoms with Crippen molar-refractivity contribution < 1.29 is 14.3 Å². The Kier molecular flexibility index (Phi) is 1.94. The van der Waals surface area contributed by atoms with E-state index >= 15 is 0 Å². The SMILES string of the molecule is CC(=O)O[C@H]1NC(=O)[C@@H]1Br. The van der Waals surface area contributed by atoms with Crippen LogP contribution in [0.3, 0.4) is 0 Å². The zero-order chi connectivity index (χ0) is 7.72. The number of ether oxygens (including phenoxy) is 1. The number of alkyl halides is 1. The Morgan fingerprint density at radius 1 is 1.80 bits per heavy atom. The van der Waals surface area contributed by atoms with Gasteiger partial charge in [-0.1, -0.05) is 15.9 Å². The number of esters is 1. The first kappa shape index (κ1) is 7.53. The average Bonchev–Trinajstić information content (AvgIpc) is 1.86. The van der Waals surface area contributed by atoms with Crippen LogP contribution in [0.2, 0.25) is 0 Å². The van der Waals surface area contributed by atoms with Crippen molar-refractivity contribution in [2.45, 2.75) is 18.0 Å². The van der Waals surface area contributed by atoms with Crippen LogP contribution in [-0.4, -0.2) is 22.9 Å². The van der Waals surface area contributed by atoms with Gasteiger partial charge in [0.1, 0.15) is 4.83 Å². The number of halogens is 1. The second kappa shape index (κ2) is 2.57. The van der Waals surface area contributed by atoms with Crippen molar-refractivity contribution in [3.05, 3.63) is 0 Å². The maximum atomic E-state index is 10.5. The van der Waals surface area contributed by atoms with E-state index < -0.39 is 12.2 Å². The Bertz CT molecular complexity index is 182. The molecule has 0 aliphatic carbocycles. The van der Waals surface area contributed by atoms with Crippen LogP contribution in [0.25, 0.3) is 0 Å². The van der Waals surface area contributed by atoms with E-state index in [9.17, 15) is 9.59 Å². The predicted octanol–water partition coefficient (Wildman–Crippen LogP) is -0.231. The monoisotopic (exact) mass is 207 g/mol. The Labute approximate surface area is 66.0 Å². The minimum atomic E-state index is -0.481. The van der Waals surface area contributed by atoms with Crippen LogP contribution in [-0.2, 0) is 14.3 Å². The molecular weight excluding hydrogens is 202 g/mol. The van der Waals surface area contributed by atoms with E-state index in [4.69, 9.17) is 0 Å². The summed E-state index contributed by atoms with van der Waals surface area (Å²) in [6.45, 7) is 1.30. The first-order chi connectivity index (χ1) is 4.61. The maximum Gasteiger partial charge on any atom is 0.304 e. The minimum Gasteiger partial charge on any atom is -0.440 e. The van der Waals surface area contributed by atoms with E-state index in [1.807, 2.05) is 0 Å². The van der Waals surface area contributed by atoms with Crippen molar-refractivity contribution in [1.82, 2.24) is 5.32 Å². The minimum absolute atomic E-state index is 0.147. The zero-order valence-corrected chi connectivity index (χ0v) is 6.84. The fourth-order valence-electron chi connectivity index (χ4n) is 0.602. The molecule has 1 amide bonds. The van der Waals surface area contributed by atoms with Gasteiger partial charge in [0.15, 0.2) is 6.23 Å². The van der Waals surface area contributed by atoms with Gasteiger partial charge in [-0.2, -0.15) is 0 Å². The third-order valence-corrected chi connectivity index (χ3v) is 1.99. The first-order valence-corrected chi connectivity index (χ1v) is 3.64. The molecule has 56 valence electrons. The van der Waals surface area contributed by atoms with Crippen molar-refractivity contribution in [3.63, 3.8) is 0 Å². The summed E-state index contributed by atoms with van der Waals surface area (Å²) in [5, 5.41) is 2.39. The molecule has 1 aliphatic rings. The number of carbonyl (C=O) groups excluding carboxylic acids is 2. The summed E-state index contributed by atoms with van der Waals surface area (Å²) in [6, 6.07) is 0. The summed E-state index contributed by atoms with van der Waals surface area (Å²) in [7, 11) is 0. The molecule has 1 aliphatic heterocycles. The molecule has 1 heterocycles. The van der Waals surface area contributed by atoms with E-state index in [2.05, 4.69) is 26.0 Å². The largest absolute Gasteiger partial charge is 0.440 e. The van der Waals surface area contributed by atoms with Gasteiger partial charge in [0, 0.05) is 6.92 Å². The van der Waals surface area contributed by atoms with Gasteiger partial charge < -0.3 is 10.1 Å². The van der Waals surface area contributed by atoms with Crippen molar-refractivity contribution >= 4 is 27.8 Å². The first-order valence-electron chi connectivity index (χ1n) is 2.73. The summed E-state index contributed by atoms with van der Waals surface area (Å²) in [5.74, 6) is -0.541. The number of nitrogens with one attached hydrogen (secondary N) is 1. The van der Waals surface area contributed by atoms with Crippen LogP contribution >= 0.6 is 15.9 Å². The lowest BCUT2D eigenvalue weighted by atomic mass is 10.2. The molecule has 1 fully saturated rings. The van der Waals surface area contributed by atoms with E-state index in [1.165, 1.54) is 6.92 Å². The number of hydrogen-bond acceptors (Lipinski definition) is 3. The van der Waals surface area contributed by atoms with Gasteiger partial charge in [0.2, 0.25) is 5.91 Å². The molecule has 0 bridgehead atoms. The molecule has 0 radical (unpaired) electrons. The Morgan fingerprint density at radius 3 is 2.70 bits per heavy atom. The summed E-state index contributed by atoms with van der Waals surface area (Å²) in [4.78, 5) is 20.4. The van der Waals surface area contributed by atoms with Gasteiger partial charge in [-0.05, 0) is 0 Å². The predicted molar refractivity (Wildman–Crippen MR) is 36.4 cm³/mol. The average molecular weight is 208 g/mol. The van der Waals surface area contributed by atoms with Crippen LogP contribution in [0.5, 0.6) is 0 Å². The normalized spacial score (nSPS) is 30.4. The fourth-order valence-corrected chi connectivity index (χ4v) is 0.974. The standard InChI is InChI=1S/C5H6BrNO3/c1-2(8)10-5-3(6)4(9)7-5/h3,5H,1H3,(H,7,9)/t3-,5+/m0/s1. The van der Waals surface area contributed by atoms with Crippen LogP contribution < -0.4 is 5.32 Å². The second-order valence-electron chi connectivity index (χ2n) is 1.94. The molecule has 0 saturated carbocycles. The number of carbonyl (C=O) groups is 2. The highest BCUT2D eigenvalue weighted by molar-refractivity contribution is 9.10. The Morgan fingerprint density at radius 2 is 2.40 bits per heavy atom. The van der Waals surface area contributed by atoms with Gasteiger partial charge in [0.05, 0.1) is 0 Å². The van der Waals surface area contributed by atoms with Crippen LogP contribution in [0.1, 0.15) is 6.92 Å². The highest BCUT2D eigenvalue weighted by Crippen LogP contribution is 2.16. The molecular formula is C5H6BrNO3. The third kappa shape index (κ3) is 1.29. The lowest BCUT2D eigenvalue weighted by Crippen LogP contribution is -2.60. The molecule has 0 aromatic rings. The molecule has 1 N–H and O–H groups in total. The molecule has 0 aromatic heterocycles. The van der Waals surface area contributed by atoms with Crippen molar-refractivity contribution in [2.75, 3.05) is 0 Å². The van der Waals surface area contributed by atoms with Crippen LogP contribution in [0, 0.1) is 0 Å². The number of β-lactam (4-membered cyclic amide) rings is 1. The Balaban J connectivity index is 2.34. The topological polar surface area (TPSA) is 55.4 Å². The highest BCUT2D eigenvalue weighted by Gasteiger charge is 2.39. The molecule has 4 nitrogen and oxygen atoms in total. The second-order valence-corrected chi connectivity index (χ2v) is 2.93. The number of rotatable bonds is 1. The van der Waals surface area contributed by atoms with E-state index in [0.29, 0.717) is 0 Å². The molecule has 0 aromatic carbocycles. The van der Waals surface area contributed by atoms with Crippen LogP contribution in [0.4, 0.5) is 0 Å². The fraction of sp³-hybridized carbons (Fsp3) is 0.600. The Hall–Kier alpha value is -0.580. The van der Waals surface area contributed by atoms with Gasteiger partial charge >= 0.3 is 5.97 Å². The summed E-state index contributed by atoms with van der Waals surface area (Å²) in [5.41, 5.74) is 0. The molecule has 5 heteroatoms. The summed E-state index contributed by atoms with van der Waals surface area (Å²) in [6.07, 6.45) is -0.481. The molecule has 1 rings (SSSR count). The maximum absolute atomic E-state index is 10.5. The lowest BCUT2D eigenvalue weighted by molar-refractivity contribution is -0.157. The van der Waals surface area contributed by atoms with Gasteiger partial charge in [-0.25, -0.2) is 0 Å². The highest BCUT2D eigenvalue weighted by atomic mass is 79.9. The van der Waals surface area contributed by atoms with Gasteiger partial charge in [-0.15, -0.1) is 0 Å². The quantitative estimate of drug-likeness (QED) is 0.368. The lowest BCUT2D eigenvalue weighted by Gasteiger charge is -2.31. The van der Waals surface area contributed by atoms with Crippen molar-refractivity contribution in [1.29, 1.82) is 0 Å². The van der Waals surface area contributed by atoms with Gasteiger partial charge in [-0.3, -0.25) is 9.59 Å². The smallest absolute Gasteiger partial charge is 0.304 e. The van der Waals surface area contributed by atoms with E-state index in [0.717, 1.165) is 0 Å². The van der Waals surface area contributed by atoms with E-state index in [1.54, 1.807) is 0 Å². The molecule has 0 unspecified atom stereocenters.